The van der Waals surface area contributed by atoms with Crippen molar-refractivity contribution < 1.29 is 0 Å². The van der Waals surface area contributed by atoms with Gasteiger partial charge in [0.15, 0.2) is 5.96 Å². The maximum Gasteiger partial charge on any atom is 0.205 e. The molecule has 0 bridgehead atoms. The van der Waals surface area contributed by atoms with Crippen molar-refractivity contribution in [2.75, 3.05) is 57.8 Å². The van der Waals surface area contributed by atoms with Gasteiger partial charge in [0.25, 0.3) is 0 Å². The van der Waals surface area contributed by atoms with Gasteiger partial charge in [-0.05, 0) is 25.3 Å². The zero-order valence-corrected chi connectivity index (χ0v) is 20.9. The Morgan fingerprint density at radius 2 is 2.00 bits per heavy atom. The molecule has 28 heavy (non-hydrogen) atoms. The molecular formula is C19H36IN7S. The second kappa shape index (κ2) is 11.5. The summed E-state index contributed by atoms with van der Waals surface area (Å²) >= 11 is 1.52. The smallest absolute Gasteiger partial charge is 0.205 e. The number of aliphatic imine (C=N–C) groups is 1. The van der Waals surface area contributed by atoms with Crippen LogP contribution in [0.15, 0.2) is 4.99 Å². The van der Waals surface area contributed by atoms with Gasteiger partial charge in [-0.1, -0.05) is 20.8 Å². The van der Waals surface area contributed by atoms with E-state index in [1.807, 2.05) is 7.05 Å². The molecule has 2 fully saturated rings. The largest absolute Gasteiger partial charge is 0.355 e. The molecule has 0 aliphatic carbocycles. The van der Waals surface area contributed by atoms with Gasteiger partial charge < -0.3 is 15.1 Å². The molecule has 1 aromatic rings. The van der Waals surface area contributed by atoms with Gasteiger partial charge in [0, 0.05) is 70.3 Å². The van der Waals surface area contributed by atoms with Gasteiger partial charge in [0.05, 0.1) is 0 Å². The molecule has 0 saturated carbocycles. The molecule has 0 unspecified atom stereocenters. The van der Waals surface area contributed by atoms with Crippen molar-refractivity contribution >= 4 is 46.6 Å². The number of nitrogens with one attached hydrogen (secondary N) is 1. The molecule has 1 atom stereocenters. The Hall–Kier alpha value is -0.680. The van der Waals surface area contributed by atoms with Gasteiger partial charge in [0.1, 0.15) is 5.82 Å². The molecule has 0 spiro atoms. The molecular weight excluding hydrogens is 485 g/mol. The first-order chi connectivity index (χ1) is 13.1. The molecule has 2 aliphatic rings. The highest BCUT2D eigenvalue weighted by molar-refractivity contribution is 14.0. The van der Waals surface area contributed by atoms with Crippen LogP contribution in [0.25, 0.3) is 0 Å². The number of guanidine groups is 1. The minimum absolute atomic E-state index is 0. The first kappa shape index (κ1) is 23.6. The van der Waals surface area contributed by atoms with Gasteiger partial charge in [-0.2, -0.15) is 4.37 Å². The molecule has 1 N–H and O–H groups in total. The number of hydrogen-bond donors (Lipinski definition) is 1. The number of rotatable bonds is 6. The summed E-state index contributed by atoms with van der Waals surface area (Å²) in [5.74, 6) is 2.72. The summed E-state index contributed by atoms with van der Waals surface area (Å²) < 4.78 is 4.42. The van der Waals surface area contributed by atoms with E-state index >= 15 is 0 Å². The van der Waals surface area contributed by atoms with Crippen LogP contribution in [0.4, 0.5) is 5.13 Å². The Bertz CT molecular complexity index is 613. The predicted molar refractivity (Wildman–Crippen MR) is 129 cm³/mol. The van der Waals surface area contributed by atoms with E-state index in [4.69, 9.17) is 0 Å². The molecule has 0 aromatic carbocycles. The molecule has 1 aromatic heterocycles. The predicted octanol–water partition coefficient (Wildman–Crippen LogP) is 2.54. The summed E-state index contributed by atoms with van der Waals surface area (Å²) in [6.45, 7) is 14.0. The lowest BCUT2D eigenvalue weighted by Crippen LogP contribution is -2.54. The lowest BCUT2D eigenvalue weighted by atomic mass is 10.1. The number of nitrogens with zero attached hydrogens (tertiary/aromatic N) is 6. The molecule has 3 heterocycles. The Labute approximate surface area is 191 Å². The second-order valence-electron chi connectivity index (χ2n) is 7.93. The summed E-state index contributed by atoms with van der Waals surface area (Å²) in [5.41, 5.74) is 0. The van der Waals surface area contributed by atoms with E-state index in [2.05, 4.69) is 55.1 Å². The molecule has 160 valence electrons. The highest BCUT2D eigenvalue weighted by atomic mass is 127. The fourth-order valence-corrected chi connectivity index (χ4v) is 4.80. The van der Waals surface area contributed by atoms with Crippen molar-refractivity contribution in [3.63, 3.8) is 0 Å². The Kier molecular flexibility index (Phi) is 9.68. The van der Waals surface area contributed by atoms with E-state index < -0.39 is 0 Å². The van der Waals surface area contributed by atoms with E-state index in [-0.39, 0.29) is 24.0 Å². The van der Waals surface area contributed by atoms with E-state index in [9.17, 15) is 0 Å². The third kappa shape index (κ3) is 6.16. The third-order valence-corrected chi connectivity index (χ3v) is 6.24. The average molecular weight is 522 g/mol. The summed E-state index contributed by atoms with van der Waals surface area (Å²) in [5, 5.41) is 4.70. The Balaban J connectivity index is 0.00000280. The Morgan fingerprint density at radius 3 is 2.61 bits per heavy atom. The van der Waals surface area contributed by atoms with Gasteiger partial charge >= 0.3 is 0 Å². The van der Waals surface area contributed by atoms with Crippen LogP contribution in [0.1, 0.15) is 39.4 Å². The van der Waals surface area contributed by atoms with Gasteiger partial charge in [0.2, 0.25) is 5.13 Å². The number of likely N-dealkylation sites (tertiary alicyclic amines) is 1. The number of halogens is 1. The second-order valence-corrected chi connectivity index (χ2v) is 8.66. The van der Waals surface area contributed by atoms with E-state index in [0.29, 0.717) is 6.04 Å². The summed E-state index contributed by atoms with van der Waals surface area (Å²) in [7, 11) is 1.90. The van der Waals surface area contributed by atoms with Crippen LogP contribution in [0.2, 0.25) is 0 Å². The zero-order chi connectivity index (χ0) is 19.2. The zero-order valence-electron chi connectivity index (χ0n) is 17.7. The maximum absolute atomic E-state index is 4.63. The van der Waals surface area contributed by atoms with Crippen LogP contribution < -0.4 is 10.2 Å². The standard InChI is InChI=1S/C19H35N7S.HI/c1-5-17-22-19(27-23-17)25-11-9-24(10-12-25)18(20-4)21-13-16-7-6-8-26(16)14-15(2)3;/h15-16H,5-14H2,1-4H3,(H,20,21);1H/t16-;/m1./s1. The fraction of sp³-hybridized carbons (Fsp3) is 0.842. The number of anilines is 1. The highest BCUT2D eigenvalue weighted by Crippen LogP contribution is 2.20. The molecule has 3 rings (SSSR count). The molecule has 9 heteroatoms. The van der Waals surface area contributed by atoms with Crippen molar-refractivity contribution in [1.29, 1.82) is 0 Å². The van der Waals surface area contributed by atoms with E-state index in [1.165, 1.54) is 37.5 Å². The number of piperazine rings is 1. The van der Waals surface area contributed by atoms with Crippen LogP contribution in [0, 0.1) is 5.92 Å². The topological polar surface area (TPSA) is 59.9 Å². The number of aromatic nitrogens is 2. The van der Waals surface area contributed by atoms with Crippen LogP contribution >= 0.6 is 35.5 Å². The van der Waals surface area contributed by atoms with Crippen LogP contribution in [-0.2, 0) is 6.42 Å². The van der Waals surface area contributed by atoms with Crippen LogP contribution in [0.5, 0.6) is 0 Å². The lowest BCUT2D eigenvalue weighted by Gasteiger charge is -2.37. The fourth-order valence-electron chi connectivity index (χ4n) is 4.00. The lowest BCUT2D eigenvalue weighted by molar-refractivity contribution is 0.225. The quantitative estimate of drug-likeness (QED) is 0.353. The van der Waals surface area contributed by atoms with Crippen molar-refractivity contribution in [3.05, 3.63) is 5.82 Å². The van der Waals surface area contributed by atoms with Gasteiger partial charge in [-0.3, -0.25) is 9.89 Å². The maximum atomic E-state index is 4.63. The summed E-state index contributed by atoms with van der Waals surface area (Å²) in [6.07, 6.45) is 3.52. The highest BCUT2D eigenvalue weighted by Gasteiger charge is 2.26. The normalized spacial score (nSPS) is 21.3. The van der Waals surface area contributed by atoms with Gasteiger partial charge in [-0.15, -0.1) is 24.0 Å². The number of aryl methyl sites for hydroxylation is 1. The van der Waals surface area contributed by atoms with Crippen molar-refractivity contribution in [3.8, 4) is 0 Å². The molecule has 0 amide bonds. The van der Waals surface area contributed by atoms with E-state index in [0.717, 1.165) is 62.0 Å². The van der Waals surface area contributed by atoms with Crippen molar-refractivity contribution in [2.45, 2.75) is 46.1 Å². The van der Waals surface area contributed by atoms with E-state index in [1.54, 1.807) is 0 Å². The molecule has 0 radical (unpaired) electrons. The monoisotopic (exact) mass is 521 g/mol. The minimum atomic E-state index is 0. The van der Waals surface area contributed by atoms with Crippen LogP contribution in [-0.4, -0.2) is 84.0 Å². The summed E-state index contributed by atoms with van der Waals surface area (Å²) in [6, 6.07) is 0.638. The van der Waals surface area contributed by atoms with Crippen molar-refractivity contribution in [2.24, 2.45) is 10.9 Å². The average Bonchev–Trinajstić information content (AvgIpc) is 3.32. The molecule has 7 nitrogen and oxygen atoms in total. The number of hydrogen-bond acceptors (Lipinski definition) is 6. The minimum Gasteiger partial charge on any atom is -0.355 e. The molecule has 2 aliphatic heterocycles. The van der Waals surface area contributed by atoms with Crippen LogP contribution in [0.3, 0.4) is 0 Å². The van der Waals surface area contributed by atoms with Crippen molar-refractivity contribution in [1.82, 2.24) is 24.5 Å². The Morgan fingerprint density at radius 1 is 1.25 bits per heavy atom. The SMILES string of the molecule is CCc1nsc(N2CCN(C(=NC)NC[C@H]3CCCN3CC(C)C)CC2)n1.I. The first-order valence-corrected chi connectivity index (χ1v) is 11.1. The summed E-state index contributed by atoms with van der Waals surface area (Å²) in [4.78, 5) is 16.5. The molecule has 2 saturated heterocycles. The third-order valence-electron chi connectivity index (χ3n) is 5.43. The van der Waals surface area contributed by atoms with Gasteiger partial charge in [-0.25, -0.2) is 4.98 Å². The first-order valence-electron chi connectivity index (χ1n) is 10.4.